The normalized spacial score (nSPS) is 16.8. The summed E-state index contributed by atoms with van der Waals surface area (Å²) in [5.74, 6) is -2.60. The minimum atomic E-state index is -1.77. The molecule has 0 unspecified atom stereocenters. The number of rotatable bonds is 8. The van der Waals surface area contributed by atoms with Gasteiger partial charge in [-0.2, -0.15) is 0 Å². The van der Waals surface area contributed by atoms with Crippen LogP contribution >= 0.6 is 11.6 Å². The second kappa shape index (κ2) is 8.53. The van der Waals surface area contributed by atoms with Crippen LogP contribution in [0.5, 0.6) is 0 Å². The van der Waals surface area contributed by atoms with Crippen molar-refractivity contribution >= 4 is 23.5 Å². The van der Waals surface area contributed by atoms with Crippen molar-refractivity contribution in [3.05, 3.63) is 69.7 Å². The van der Waals surface area contributed by atoms with Crippen LogP contribution in [0.15, 0.2) is 42.5 Å². The van der Waals surface area contributed by atoms with E-state index in [4.69, 9.17) is 11.6 Å². The number of nitrogens with one attached hydrogen (secondary N) is 1. The van der Waals surface area contributed by atoms with Crippen LogP contribution in [0.4, 0.5) is 0 Å². The molecule has 0 bridgehead atoms. The number of hydrogen-bond acceptors (Lipinski definition) is 4. The number of aliphatic carboxylic acids is 2. The summed E-state index contributed by atoms with van der Waals surface area (Å²) in [5.41, 5.74) is 1.52. The lowest BCUT2D eigenvalue weighted by Gasteiger charge is -2.18. The SMILES string of the molecule is C[C@@H](Cc1ccc2c(c1)CC(C(=O)O)(C(=O)O)C2)NC[C@H](O)c1cccc(Cl)c1. The molecule has 0 heterocycles. The summed E-state index contributed by atoms with van der Waals surface area (Å²) < 4.78 is 0. The van der Waals surface area contributed by atoms with Crippen molar-refractivity contribution in [2.75, 3.05) is 6.54 Å². The van der Waals surface area contributed by atoms with E-state index in [0.717, 1.165) is 22.3 Å². The molecule has 0 radical (unpaired) electrons. The number of carboxylic acids is 2. The molecule has 6 nitrogen and oxygen atoms in total. The van der Waals surface area contributed by atoms with E-state index in [0.29, 0.717) is 18.0 Å². The second-order valence-corrected chi connectivity index (χ2v) is 8.17. The number of carboxylic acid groups (broad SMARTS) is 2. The molecule has 1 aliphatic carbocycles. The zero-order valence-corrected chi connectivity index (χ0v) is 16.8. The molecule has 0 fully saturated rings. The maximum atomic E-state index is 11.6. The Balaban J connectivity index is 1.61. The fourth-order valence-electron chi connectivity index (χ4n) is 3.82. The van der Waals surface area contributed by atoms with Gasteiger partial charge in [0.1, 0.15) is 0 Å². The Morgan fingerprint density at radius 1 is 1.10 bits per heavy atom. The largest absolute Gasteiger partial charge is 0.480 e. The molecular formula is C22H24ClNO5. The summed E-state index contributed by atoms with van der Waals surface area (Å²) >= 11 is 5.96. The highest BCUT2D eigenvalue weighted by Crippen LogP contribution is 2.38. The predicted molar refractivity (Wildman–Crippen MR) is 109 cm³/mol. The first-order valence-electron chi connectivity index (χ1n) is 9.45. The molecule has 29 heavy (non-hydrogen) atoms. The van der Waals surface area contributed by atoms with E-state index < -0.39 is 23.5 Å². The number of aliphatic hydroxyl groups is 1. The molecule has 0 aromatic heterocycles. The second-order valence-electron chi connectivity index (χ2n) is 7.73. The smallest absolute Gasteiger partial charge is 0.321 e. The van der Waals surface area contributed by atoms with E-state index in [1.54, 1.807) is 18.2 Å². The van der Waals surface area contributed by atoms with Crippen LogP contribution < -0.4 is 5.32 Å². The third-order valence-corrected chi connectivity index (χ3v) is 5.74. The van der Waals surface area contributed by atoms with Crippen LogP contribution in [0.1, 0.15) is 35.3 Å². The van der Waals surface area contributed by atoms with Crippen molar-refractivity contribution in [3.8, 4) is 0 Å². The number of carbonyl (C=O) groups is 2. The maximum absolute atomic E-state index is 11.6. The average Bonchev–Trinajstić information content (AvgIpc) is 3.06. The van der Waals surface area contributed by atoms with Gasteiger partial charge in [-0.1, -0.05) is 41.9 Å². The molecular weight excluding hydrogens is 394 g/mol. The summed E-state index contributed by atoms with van der Waals surface area (Å²) in [6.07, 6.45) is -0.00550. The third kappa shape index (κ3) is 4.61. The molecule has 0 saturated heterocycles. The highest BCUT2D eigenvalue weighted by Gasteiger charge is 2.50. The quantitative estimate of drug-likeness (QED) is 0.492. The lowest BCUT2D eigenvalue weighted by atomic mass is 9.85. The summed E-state index contributed by atoms with van der Waals surface area (Å²) in [5, 5.41) is 33.0. The zero-order valence-electron chi connectivity index (χ0n) is 16.1. The van der Waals surface area contributed by atoms with E-state index in [2.05, 4.69) is 5.32 Å². The minimum Gasteiger partial charge on any atom is -0.480 e. The van der Waals surface area contributed by atoms with E-state index in [9.17, 15) is 24.9 Å². The molecule has 0 saturated carbocycles. The molecule has 7 heteroatoms. The molecule has 0 spiro atoms. The van der Waals surface area contributed by atoms with Gasteiger partial charge in [0.15, 0.2) is 5.41 Å². The van der Waals surface area contributed by atoms with Gasteiger partial charge in [-0.05, 0) is 60.6 Å². The van der Waals surface area contributed by atoms with Crippen LogP contribution in [-0.2, 0) is 28.9 Å². The van der Waals surface area contributed by atoms with Crippen LogP contribution in [0.25, 0.3) is 0 Å². The average molecular weight is 418 g/mol. The van der Waals surface area contributed by atoms with Crippen molar-refractivity contribution in [3.63, 3.8) is 0 Å². The van der Waals surface area contributed by atoms with Crippen molar-refractivity contribution in [1.29, 1.82) is 0 Å². The van der Waals surface area contributed by atoms with Gasteiger partial charge in [0, 0.05) is 17.6 Å². The first kappa shape index (κ1) is 21.3. The monoisotopic (exact) mass is 417 g/mol. The number of fused-ring (bicyclic) bond motifs is 1. The topological polar surface area (TPSA) is 107 Å². The van der Waals surface area contributed by atoms with E-state index in [1.165, 1.54) is 0 Å². The number of halogens is 1. The highest BCUT2D eigenvalue weighted by molar-refractivity contribution is 6.30. The third-order valence-electron chi connectivity index (χ3n) is 5.51. The fourth-order valence-corrected chi connectivity index (χ4v) is 4.02. The summed E-state index contributed by atoms with van der Waals surface area (Å²) in [4.78, 5) is 23.1. The fraction of sp³-hybridized carbons (Fsp3) is 0.364. The number of benzene rings is 2. The first-order chi connectivity index (χ1) is 13.7. The van der Waals surface area contributed by atoms with Crippen molar-refractivity contribution < 1.29 is 24.9 Å². The lowest BCUT2D eigenvalue weighted by Crippen LogP contribution is -2.40. The van der Waals surface area contributed by atoms with Crippen LogP contribution in [0.2, 0.25) is 5.02 Å². The number of aliphatic hydroxyl groups excluding tert-OH is 1. The molecule has 0 aliphatic heterocycles. The van der Waals surface area contributed by atoms with Gasteiger partial charge in [0.25, 0.3) is 0 Å². The van der Waals surface area contributed by atoms with Crippen LogP contribution in [-0.4, -0.2) is 39.8 Å². The Kier molecular flexibility index (Phi) is 6.27. The van der Waals surface area contributed by atoms with E-state index in [-0.39, 0.29) is 18.9 Å². The van der Waals surface area contributed by atoms with Crippen molar-refractivity contribution in [2.24, 2.45) is 5.41 Å². The van der Waals surface area contributed by atoms with Crippen molar-refractivity contribution in [1.82, 2.24) is 5.32 Å². The van der Waals surface area contributed by atoms with Gasteiger partial charge in [0.05, 0.1) is 6.10 Å². The molecule has 1 aliphatic rings. The van der Waals surface area contributed by atoms with Gasteiger partial charge in [0.2, 0.25) is 0 Å². The van der Waals surface area contributed by atoms with Gasteiger partial charge >= 0.3 is 11.9 Å². The Morgan fingerprint density at radius 2 is 1.79 bits per heavy atom. The molecule has 3 rings (SSSR count). The van der Waals surface area contributed by atoms with Crippen LogP contribution in [0, 0.1) is 5.41 Å². The molecule has 2 aromatic rings. The van der Waals surface area contributed by atoms with E-state index >= 15 is 0 Å². The number of hydrogen-bond donors (Lipinski definition) is 4. The molecule has 0 amide bonds. The lowest BCUT2D eigenvalue weighted by molar-refractivity contribution is -0.163. The standard InChI is InChI=1S/C22H24ClNO5/c1-13(24-12-19(25)15-3-2-4-18(23)9-15)7-14-5-6-16-10-22(20(26)27,21(28)29)11-17(16)8-14/h2-6,8-9,13,19,24-25H,7,10-12H2,1H3,(H,26,27)(H,28,29)/t13-,19-/m0/s1. The van der Waals surface area contributed by atoms with Crippen LogP contribution in [0.3, 0.4) is 0 Å². The van der Waals surface area contributed by atoms with Gasteiger partial charge in [-0.3, -0.25) is 9.59 Å². The van der Waals surface area contributed by atoms with Gasteiger partial charge in [-0.15, -0.1) is 0 Å². The van der Waals surface area contributed by atoms with Gasteiger partial charge < -0.3 is 20.6 Å². The molecule has 154 valence electrons. The van der Waals surface area contributed by atoms with E-state index in [1.807, 2.05) is 31.2 Å². The Labute approximate surface area is 174 Å². The predicted octanol–water partition coefficient (Wildman–Crippen LogP) is 2.85. The van der Waals surface area contributed by atoms with Gasteiger partial charge in [-0.25, -0.2) is 0 Å². The maximum Gasteiger partial charge on any atom is 0.321 e. The summed E-state index contributed by atoms with van der Waals surface area (Å²) in [6.45, 7) is 2.37. The minimum absolute atomic E-state index is 0.00384. The molecule has 4 N–H and O–H groups in total. The Bertz CT molecular complexity index is 915. The first-order valence-corrected chi connectivity index (χ1v) is 9.83. The summed E-state index contributed by atoms with van der Waals surface area (Å²) in [7, 11) is 0. The van der Waals surface area contributed by atoms with Crippen molar-refractivity contribution in [2.45, 2.75) is 38.3 Å². The Hall–Kier alpha value is -2.41. The Morgan fingerprint density at radius 3 is 2.45 bits per heavy atom. The molecule has 2 aromatic carbocycles. The molecule has 2 atom stereocenters. The summed E-state index contributed by atoms with van der Waals surface area (Å²) in [6, 6.07) is 12.8. The zero-order chi connectivity index (χ0) is 21.2. The highest BCUT2D eigenvalue weighted by atomic mass is 35.5.